The van der Waals surface area contributed by atoms with Crippen LogP contribution >= 0.6 is 11.8 Å². The molecule has 0 bridgehead atoms. The van der Waals surface area contributed by atoms with Crippen molar-refractivity contribution in [1.82, 2.24) is 0 Å². The first-order valence-electron chi connectivity index (χ1n) is 5.57. The predicted octanol–water partition coefficient (Wildman–Crippen LogP) is 3.97. The van der Waals surface area contributed by atoms with Crippen LogP contribution in [0.3, 0.4) is 0 Å². The Morgan fingerprint density at radius 1 is 1.15 bits per heavy atom. The molecule has 3 nitrogen and oxygen atoms in total. The van der Waals surface area contributed by atoms with E-state index in [4.69, 9.17) is 4.55 Å². The number of benzene rings is 2. The molecule has 0 amide bonds. The van der Waals surface area contributed by atoms with Crippen LogP contribution in [-0.4, -0.2) is 8.76 Å². The summed E-state index contributed by atoms with van der Waals surface area (Å²) < 4.78 is 48.6. The van der Waals surface area contributed by atoms with E-state index in [2.05, 4.69) is 4.72 Å². The topological polar surface area (TPSA) is 49.3 Å². The third kappa shape index (κ3) is 3.78. The molecule has 0 saturated carbocycles. The summed E-state index contributed by atoms with van der Waals surface area (Å²) in [4.78, 5) is 0.821. The van der Waals surface area contributed by atoms with Crippen molar-refractivity contribution in [2.45, 2.75) is 16.7 Å². The second-order valence-electron chi connectivity index (χ2n) is 4.03. The first kappa shape index (κ1) is 15.0. The molecule has 7 heteroatoms. The van der Waals surface area contributed by atoms with Gasteiger partial charge in [0.1, 0.15) is 11.6 Å². The van der Waals surface area contributed by atoms with Crippen LogP contribution < -0.4 is 4.72 Å². The molecule has 0 fully saturated rings. The fraction of sp³-hybridized carbons (Fsp3) is 0.0769. The van der Waals surface area contributed by atoms with E-state index >= 15 is 0 Å². The van der Waals surface area contributed by atoms with Gasteiger partial charge in [0.15, 0.2) is 0 Å². The highest BCUT2D eigenvalue weighted by molar-refractivity contribution is 7.99. The van der Waals surface area contributed by atoms with Gasteiger partial charge in [-0.25, -0.2) is 13.0 Å². The first-order chi connectivity index (χ1) is 9.45. The van der Waals surface area contributed by atoms with Crippen molar-refractivity contribution >= 4 is 28.7 Å². The zero-order valence-corrected chi connectivity index (χ0v) is 12.0. The Morgan fingerprint density at radius 3 is 2.55 bits per heavy atom. The summed E-state index contributed by atoms with van der Waals surface area (Å²) in [7, 11) is 0. The molecule has 1 unspecified atom stereocenters. The average molecular weight is 315 g/mol. The van der Waals surface area contributed by atoms with E-state index in [1.807, 2.05) is 6.92 Å². The van der Waals surface area contributed by atoms with E-state index in [1.54, 1.807) is 18.2 Å². The summed E-state index contributed by atoms with van der Waals surface area (Å²) in [6.07, 6.45) is 0. The van der Waals surface area contributed by atoms with Gasteiger partial charge in [-0.05, 0) is 36.8 Å². The molecule has 2 N–H and O–H groups in total. The van der Waals surface area contributed by atoms with Crippen LogP contribution in [0, 0.1) is 18.6 Å². The lowest BCUT2D eigenvalue weighted by molar-refractivity contribution is 0.565. The highest BCUT2D eigenvalue weighted by Gasteiger charge is 2.10. The van der Waals surface area contributed by atoms with Crippen LogP contribution in [0.15, 0.2) is 46.2 Å². The third-order valence-corrected chi connectivity index (χ3v) is 3.95. The molecular weight excluding hydrogens is 304 g/mol. The van der Waals surface area contributed by atoms with Crippen LogP contribution in [-0.2, 0) is 11.3 Å². The Hall–Kier alpha value is -1.44. The lowest BCUT2D eigenvalue weighted by Crippen LogP contribution is -2.03. The minimum atomic E-state index is -2.22. The first-order valence-corrected chi connectivity index (χ1v) is 7.49. The van der Waals surface area contributed by atoms with Gasteiger partial charge in [-0.3, -0.25) is 9.27 Å². The molecule has 0 heterocycles. The molecule has 2 rings (SSSR count). The molecule has 1 atom stereocenters. The quantitative estimate of drug-likeness (QED) is 0.839. The number of hydrogen-bond acceptors (Lipinski definition) is 2. The van der Waals surface area contributed by atoms with Gasteiger partial charge in [-0.15, -0.1) is 0 Å². The maximum atomic E-state index is 13.6. The smallest absolute Gasteiger partial charge is 0.259 e. The third-order valence-electron chi connectivity index (χ3n) is 2.45. The van der Waals surface area contributed by atoms with Gasteiger partial charge < -0.3 is 0 Å². The molecule has 106 valence electrons. The molecular formula is C13H11F2NO2S2. The Balaban J connectivity index is 2.36. The second-order valence-corrected chi connectivity index (χ2v) is 5.81. The average Bonchev–Trinajstić information content (AvgIpc) is 2.35. The number of hydrogen-bond donors (Lipinski definition) is 2. The predicted molar refractivity (Wildman–Crippen MR) is 76.1 cm³/mol. The monoisotopic (exact) mass is 315 g/mol. The summed E-state index contributed by atoms with van der Waals surface area (Å²) in [6, 6.07) is 8.45. The normalized spacial score (nSPS) is 12.2. The number of aryl methyl sites for hydroxylation is 1. The van der Waals surface area contributed by atoms with Crippen molar-refractivity contribution in [2.75, 3.05) is 4.72 Å². The number of nitrogens with one attached hydrogen (secondary N) is 1. The summed E-state index contributed by atoms with van der Waals surface area (Å²) in [5, 5.41) is 0. The lowest BCUT2D eigenvalue weighted by Gasteiger charge is -2.10. The Morgan fingerprint density at radius 2 is 1.90 bits per heavy atom. The van der Waals surface area contributed by atoms with Crippen LogP contribution in [0.4, 0.5) is 14.5 Å². The molecule has 0 aliphatic rings. The number of anilines is 1. The molecule has 2 aromatic carbocycles. The Bertz CT molecular complexity index is 665. The van der Waals surface area contributed by atoms with Crippen LogP contribution in [0.25, 0.3) is 0 Å². The Labute approximate surface area is 121 Å². The van der Waals surface area contributed by atoms with Crippen molar-refractivity contribution < 1.29 is 17.5 Å². The fourth-order valence-electron chi connectivity index (χ4n) is 1.57. The summed E-state index contributed by atoms with van der Waals surface area (Å²) in [6.45, 7) is 1.85. The van der Waals surface area contributed by atoms with E-state index in [9.17, 15) is 13.0 Å². The molecule has 0 aliphatic heterocycles. The molecule has 20 heavy (non-hydrogen) atoms. The highest BCUT2D eigenvalue weighted by Crippen LogP contribution is 2.35. The van der Waals surface area contributed by atoms with Gasteiger partial charge >= 0.3 is 0 Å². The van der Waals surface area contributed by atoms with E-state index < -0.39 is 22.9 Å². The second kappa shape index (κ2) is 6.34. The molecule has 0 spiro atoms. The highest BCUT2D eigenvalue weighted by atomic mass is 32.2. The maximum absolute atomic E-state index is 13.6. The van der Waals surface area contributed by atoms with Crippen LogP contribution in [0.2, 0.25) is 0 Å². The summed E-state index contributed by atoms with van der Waals surface area (Å²) in [5.41, 5.74) is 1.33. The van der Waals surface area contributed by atoms with Crippen molar-refractivity contribution in [1.29, 1.82) is 0 Å². The van der Waals surface area contributed by atoms with E-state index in [0.29, 0.717) is 10.6 Å². The van der Waals surface area contributed by atoms with Gasteiger partial charge in [0.05, 0.1) is 5.69 Å². The van der Waals surface area contributed by atoms with Crippen LogP contribution in [0.5, 0.6) is 0 Å². The Kier molecular flexibility index (Phi) is 4.74. The largest absolute Gasteiger partial charge is 0.289 e. The minimum absolute atomic E-state index is 0.240. The standard InChI is InChI=1S/C13H11F2NO2S2/c1-8-2-4-11(16-20(17)18)13(6-8)19-12-5-3-9(14)7-10(12)15/h2-7,16H,1H3,(H,17,18). The van der Waals surface area contributed by atoms with Gasteiger partial charge in [0, 0.05) is 15.9 Å². The van der Waals surface area contributed by atoms with Crippen LogP contribution in [0.1, 0.15) is 5.56 Å². The molecule has 0 radical (unpaired) electrons. The fourth-order valence-corrected chi connectivity index (χ4v) is 3.00. The molecule has 2 aromatic rings. The van der Waals surface area contributed by atoms with E-state index in [0.717, 1.165) is 23.4 Å². The van der Waals surface area contributed by atoms with Gasteiger partial charge in [0.2, 0.25) is 0 Å². The van der Waals surface area contributed by atoms with Gasteiger partial charge in [0.25, 0.3) is 11.3 Å². The van der Waals surface area contributed by atoms with Crippen molar-refractivity contribution in [3.8, 4) is 0 Å². The van der Waals surface area contributed by atoms with Crippen molar-refractivity contribution in [3.05, 3.63) is 53.6 Å². The van der Waals surface area contributed by atoms with Gasteiger partial charge in [-0.1, -0.05) is 17.8 Å². The number of halogens is 2. The maximum Gasteiger partial charge on any atom is 0.259 e. The van der Waals surface area contributed by atoms with E-state index in [-0.39, 0.29) is 4.90 Å². The van der Waals surface area contributed by atoms with Gasteiger partial charge in [-0.2, -0.15) is 0 Å². The van der Waals surface area contributed by atoms with Crippen molar-refractivity contribution in [3.63, 3.8) is 0 Å². The lowest BCUT2D eigenvalue weighted by atomic mass is 10.2. The molecule has 0 aliphatic carbocycles. The SMILES string of the molecule is Cc1ccc(NS(=O)O)c(Sc2ccc(F)cc2F)c1. The zero-order chi connectivity index (χ0) is 14.7. The summed E-state index contributed by atoms with van der Waals surface area (Å²) >= 11 is -1.16. The van der Waals surface area contributed by atoms with E-state index in [1.165, 1.54) is 12.1 Å². The zero-order valence-electron chi connectivity index (χ0n) is 10.4. The number of rotatable bonds is 4. The molecule has 0 aromatic heterocycles. The minimum Gasteiger partial charge on any atom is -0.289 e. The summed E-state index contributed by atoms with van der Waals surface area (Å²) in [5.74, 6) is -1.32. The molecule has 0 saturated heterocycles. The van der Waals surface area contributed by atoms with Crippen molar-refractivity contribution in [2.24, 2.45) is 0 Å².